The highest BCUT2D eigenvalue weighted by molar-refractivity contribution is 7.10. The Balaban J connectivity index is 1.49. The van der Waals surface area contributed by atoms with Gasteiger partial charge < -0.3 is 16.4 Å². The van der Waals surface area contributed by atoms with Gasteiger partial charge in [-0.15, -0.1) is 11.3 Å². The zero-order valence-corrected chi connectivity index (χ0v) is 14.9. The lowest BCUT2D eigenvalue weighted by molar-refractivity contribution is 0.0924. The molecule has 2 saturated carbocycles. The molecule has 0 atom stereocenters. The van der Waals surface area contributed by atoms with Crippen molar-refractivity contribution < 1.29 is 9.59 Å². The summed E-state index contributed by atoms with van der Waals surface area (Å²) in [5.74, 6) is 0.695. The summed E-state index contributed by atoms with van der Waals surface area (Å²) in [6.45, 7) is 0. The minimum atomic E-state index is -0.462. The van der Waals surface area contributed by atoms with Gasteiger partial charge in [-0.1, -0.05) is 19.3 Å². The molecule has 0 aliphatic heterocycles. The Bertz CT molecular complexity index is 573. The first kappa shape index (κ1) is 17.3. The Morgan fingerprint density at radius 3 is 2.21 bits per heavy atom. The maximum atomic E-state index is 12.5. The molecule has 0 radical (unpaired) electrons. The largest absolute Gasteiger partial charge is 0.352 e. The van der Waals surface area contributed by atoms with Gasteiger partial charge in [-0.25, -0.2) is 4.79 Å². The van der Waals surface area contributed by atoms with Crippen molar-refractivity contribution in [3.8, 4) is 0 Å². The van der Waals surface area contributed by atoms with Crippen molar-refractivity contribution in [3.63, 3.8) is 0 Å². The molecule has 2 aliphatic carbocycles. The molecule has 0 bridgehead atoms. The number of urea groups is 1. The van der Waals surface area contributed by atoms with Crippen molar-refractivity contribution in [2.45, 2.75) is 75.8 Å². The molecule has 0 aromatic carbocycles. The summed E-state index contributed by atoms with van der Waals surface area (Å²) in [5.41, 5.74) is 5.96. The smallest absolute Gasteiger partial charge is 0.312 e. The first-order valence-corrected chi connectivity index (χ1v) is 9.95. The number of rotatable bonds is 4. The fourth-order valence-electron chi connectivity index (χ4n) is 3.93. The SMILES string of the molecule is NC(=O)NC1CCC(NC(=O)c2csc(C3CCCCC3)c2)CC1. The number of amides is 3. The fraction of sp³-hybridized carbons (Fsp3) is 0.667. The van der Waals surface area contributed by atoms with Crippen molar-refractivity contribution in [1.29, 1.82) is 0 Å². The molecule has 1 aromatic heterocycles. The maximum absolute atomic E-state index is 12.5. The quantitative estimate of drug-likeness (QED) is 0.777. The van der Waals surface area contributed by atoms with E-state index in [9.17, 15) is 9.59 Å². The molecule has 3 amide bonds. The topological polar surface area (TPSA) is 84.2 Å². The van der Waals surface area contributed by atoms with E-state index in [-0.39, 0.29) is 18.0 Å². The standard InChI is InChI=1S/C18H27N3O2S/c19-18(23)21-15-8-6-14(7-9-15)20-17(22)13-10-16(24-11-13)12-4-2-1-3-5-12/h10-12,14-15H,1-9H2,(H,20,22)(H3,19,21,23). The Morgan fingerprint density at radius 2 is 1.58 bits per heavy atom. The molecule has 132 valence electrons. The lowest BCUT2D eigenvalue weighted by Gasteiger charge is -2.29. The van der Waals surface area contributed by atoms with Crippen LogP contribution in [-0.4, -0.2) is 24.0 Å². The third-order valence-corrected chi connectivity index (χ3v) is 6.39. The molecule has 0 saturated heterocycles. The van der Waals surface area contributed by atoms with Gasteiger partial charge in [-0.3, -0.25) is 4.79 Å². The molecule has 1 aromatic rings. The van der Waals surface area contributed by atoms with E-state index in [1.165, 1.54) is 37.0 Å². The third kappa shape index (κ3) is 4.50. The molecule has 24 heavy (non-hydrogen) atoms. The maximum Gasteiger partial charge on any atom is 0.312 e. The summed E-state index contributed by atoms with van der Waals surface area (Å²) in [6, 6.07) is 1.98. The van der Waals surface area contributed by atoms with Crippen LogP contribution in [0.25, 0.3) is 0 Å². The van der Waals surface area contributed by atoms with Gasteiger partial charge in [0, 0.05) is 22.3 Å². The summed E-state index contributed by atoms with van der Waals surface area (Å²) in [4.78, 5) is 24.7. The third-order valence-electron chi connectivity index (χ3n) is 5.30. The predicted molar refractivity (Wildman–Crippen MR) is 96.4 cm³/mol. The molecule has 3 rings (SSSR count). The number of nitrogens with one attached hydrogen (secondary N) is 2. The van der Waals surface area contributed by atoms with E-state index in [0.717, 1.165) is 31.2 Å². The van der Waals surface area contributed by atoms with E-state index in [1.54, 1.807) is 11.3 Å². The molecule has 6 heteroatoms. The highest BCUT2D eigenvalue weighted by atomic mass is 32.1. The second-order valence-corrected chi connectivity index (χ2v) is 8.05. The van der Waals surface area contributed by atoms with Gasteiger partial charge in [0.05, 0.1) is 5.56 Å². The fourth-order valence-corrected chi connectivity index (χ4v) is 4.99. The summed E-state index contributed by atoms with van der Waals surface area (Å²) >= 11 is 1.73. The van der Waals surface area contributed by atoms with Crippen molar-refractivity contribution in [1.82, 2.24) is 10.6 Å². The van der Waals surface area contributed by atoms with Crippen LogP contribution in [0.5, 0.6) is 0 Å². The van der Waals surface area contributed by atoms with Crippen LogP contribution >= 0.6 is 11.3 Å². The Hall–Kier alpha value is -1.56. The molecule has 0 spiro atoms. The van der Waals surface area contributed by atoms with Crippen LogP contribution in [0.4, 0.5) is 4.79 Å². The minimum Gasteiger partial charge on any atom is -0.352 e. The van der Waals surface area contributed by atoms with Crippen LogP contribution in [0.2, 0.25) is 0 Å². The summed E-state index contributed by atoms with van der Waals surface area (Å²) < 4.78 is 0. The molecule has 2 fully saturated rings. The van der Waals surface area contributed by atoms with Gasteiger partial charge >= 0.3 is 6.03 Å². The number of hydrogen-bond donors (Lipinski definition) is 3. The van der Waals surface area contributed by atoms with Gasteiger partial charge in [-0.2, -0.15) is 0 Å². The first-order chi connectivity index (χ1) is 11.6. The normalized spacial score (nSPS) is 25.2. The average Bonchev–Trinajstić information content (AvgIpc) is 3.07. The predicted octanol–water partition coefficient (Wildman–Crippen LogP) is 3.51. The van der Waals surface area contributed by atoms with Crippen LogP contribution in [0.1, 0.15) is 78.9 Å². The number of hydrogen-bond acceptors (Lipinski definition) is 3. The molecule has 0 unspecified atom stereocenters. The van der Waals surface area contributed by atoms with Crippen LogP contribution in [0.15, 0.2) is 11.4 Å². The van der Waals surface area contributed by atoms with Gasteiger partial charge in [-0.05, 0) is 50.5 Å². The zero-order valence-electron chi connectivity index (χ0n) is 14.1. The number of primary amides is 1. The number of carbonyl (C=O) groups is 2. The zero-order chi connectivity index (χ0) is 16.9. The van der Waals surface area contributed by atoms with Crippen molar-refractivity contribution >= 4 is 23.3 Å². The van der Waals surface area contributed by atoms with Crippen LogP contribution in [0, 0.1) is 0 Å². The summed E-state index contributed by atoms with van der Waals surface area (Å²) in [6.07, 6.45) is 10.0. The minimum absolute atomic E-state index is 0.0413. The van der Waals surface area contributed by atoms with Gasteiger partial charge in [0.25, 0.3) is 5.91 Å². The molecular weight excluding hydrogens is 322 g/mol. The van der Waals surface area contributed by atoms with E-state index in [4.69, 9.17) is 5.73 Å². The summed E-state index contributed by atoms with van der Waals surface area (Å²) in [5, 5.41) is 7.90. The number of carbonyl (C=O) groups excluding carboxylic acids is 2. The molecular formula is C18H27N3O2S. The van der Waals surface area contributed by atoms with E-state index in [1.807, 2.05) is 5.38 Å². The van der Waals surface area contributed by atoms with Gasteiger partial charge in [0.1, 0.15) is 0 Å². The average molecular weight is 350 g/mol. The highest BCUT2D eigenvalue weighted by Gasteiger charge is 2.24. The molecule has 4 N–H and O–H groups in total. The Kier molecular flexibility index (Phi) is 5.76. The van der Waals surface area contributed by atoms with E-state index >= 15 is 0 Å². The molecule has 2 aliphatic rings. The van der Waals surface area contributed by atoms with Crippen LogP contribution in [-0.2, 0) is 0 Å². The first-order valence-electron chi connectivity index (χ1n) is 9.07. The number of nitrogens with two attached hydrogens (primary N) is 1. The number of thiophene rings is 1. The molecule has 5 nitrogen and oxygen atoms in total. The second kappa shape index (κ2) is 8.01. The Labute approximate surface area is 147 Å². The lowest BCUT2D eigenvalue weighted by atomic mass is 9.88. The van der Waals surface area contributed by atoms with Gasteiger partial charge in [0.15, 0.2) is 0 Å². The highest BCUT2D eigenvalue weighted by Crippen LogP contribution is 2.36. The van der Waals surface area contributed by atoms with E-state index < -0.39 is 6.03 Å². The van der Waals surface area contributed by atoms with Crippen molar-refractivity contribution in [2.75, 3.05) is 0 Å². The van der Waals surface area contributed by atoms with Crippen LogP contribution < -0.4 is 16.4 Å². The van der Waals surface area contributed by atoms with Crippen molar-refractivity contribution in [3.05, 3.63) is 21.9 Å². The van der Waals surface area contributed by atoms with Crippen molar-refractivity contribution in [2.24, 2.45) is 5.73 Å². The summed E-state index contributed by atoms with van der Waals surface area (Å²) in [7, 11) is 0. The van der Waals surface area contributed by atoms with E-state index in [2.05, 4.69) is 16.7 Å². The van der Waals surface area contributed by atoms with E-state index in [0.29, 0.717) is 5.92 Å². The Morgan fingerprint density at radius 1 is 0.958 bits per heavy atom. The second-order valence-electron chi connectivity index (χ2n) is 7.10. The molecule has 1 heterocycles. The van der Waals surface area contributed by atoms with Gasteiger partial charge in [0.2, 0.25) is 0 Å². The lowest BCUT2D eigenvalue weighted by Crippen LogP contribution is -2.45. The van der Waals surface area contributed by atoms with Crippen LogP contribution in [0.3, 0.4) is 0 Å². The monoisotopic (exact) mass is 349 g/mol.